The number of fused-ring (bicyclic) bond motifs is 3. The quantitative estimate of drug-likeness (QED) is 0.644. The van der Waals surface area contributed by atoms with Gasteiger partial charge in [0.25, 0.3) is 0 Å². The smallest absolute Gasteiger partial charge is 0.387 e. The van der Waals surface area contributed by atoms with Crippen molar-refractivity contribution in [1.29, 1.82) is 0 Å². The van der Waals surface area contributed by atoms with Gasteiger partial charge in [0, 0.05) is 12.0 Å². The van der Waals surface area contributed by atoms with E-state index in [2.05, 4.69) is 22.5 Å². The van der Waals surface area contributed by atoms with Crippen LogP contribution in [0.15, 0.2) is 47.5 Å². The lowest BCUT2D eigenvalue weighted by molar-refractivity contribution is -0.0501. The molecule has 0 aliphatic carbocycles. The molecule has 5 nitrogen and oxygen atoms in total. The van der Waals surface area contributed by atoms with Gasteiger partial charge >= 0.3 is 6.61 Å². The van der Waals surface area contributed by atoms with Gasteiger partial charge < -0.3 is 9.47 Å². The molecule has 0 bridgehead atoms. The Morgan fingerprint density at radius 1 is 1.33 bits per heavy atom. The topological polar surface area (TPSA) is 78.6 Å². The third kappa shape index (κ3) is 4.31. The number of nitrogens with two attached hydrogens (primary N) is 1. The summed E-state index contributed by atoms with van der Waals surface area (Å²) in [5, 5.41) is 5.13. The summed E-state index contributed by atoms with van der Waals surface area (Å²) in [6, 6.07) is 8.15. The van der Waals surface area contributed by atoms with Gasteiger partial charge in [-0.3, -0.25) is 0 Å². The van der Waals surface area contributed by atoms with E-state index in [0.29, 0.717) is 38.9 Å². The Balaban J connectivity index is 2.20. The number of primary sulfonamides is 1. The van der Waals surface area contributed by atoms with Crippen molar-refractivity contribution in [2.45, 2.75) is 24.9 Å². The number of halogens is 3. The van der Waals surface area contributed by atoms with Crippen LogP contribution in [0.3, 0.4) is 0 Å². The molecule has 1 aliphatic rings. The molecule has 0 radical (unpaired) electrons. The molecule has 0 spiro atoms. The Morgan fingerprint density at radius 2 is 2.07 bits per heavy atom. The van der Waals surface area contributed by atoms with Crippen LogP contribution < -0.4 is 14.6 Å². The first-order chi connectivity index (χ1) is 12.7. The summed E-state index contributed by atoms with van der Waals surface area (Å²) in [6.45, 7) is 0.699. The van der Waals surface area contributed by atoms with Gasteiger partial charge in [-0.15, -0.1) is 6.58 Å². The number of benzene rings is 2. The van der Waals surface area contributed by atoms with Gasteiger partial charge in [0.05, 0.1) is 15.8 Å². The van der Waals surface area contributed by atoms with E-state index in [1.54, 1.807) is 36.4 Å². The number of ether oxygens (including phenoxy) is 2. The van der Waals surface area contributed by atoms with E-state index in [4.69, 9.17) is 14.6 Å². The SMILES string of the molecule is C=CCC1Oc2ccc(Br)c(OC(F)F)c2-c2ccc(CS(N)(=O)=O)cc21. The first-order valence-corrected chi connectivity index (χ1v) is 10.4. The maximum absolute atomic E-state index is 12.9. The third-order valence-corrected chi connectivity index (χ3v) is 5.39. The second-order valence-corrected chi connectivity index (χ2v) is 8.46. The largest absolute Gasteiger partial charge is 0.485 e. The van der Waals surface area contributed by atoms with Crippen molar-refractivity contribution in [2.75, 3.05) is 0 Å². The number of hydrogen-bond acceptors (Lipinski definition) is 4. The van der Waals surface area contributed by atoms with Crippen LogP contribution in [0.25, 0.3) is 11.1 Å². The fourth-order valence-corrected chi connectivity index (χ4v) is 4.14. The second kappa shape index (κ2) is 7.57. The second-order valence-electron chi connectivity index (χ2n) is 5.99. The molecule has 27 heavy (non-hydrogen) atoms. The van der Waals surface area contributed by atoms with E-state index in [1.807, 2.05) is 0 Å². The predicted octanol–water partition coefficient (Wildman–Crippen LogP) is 4.52. The van der Waals surface area contributed by atoms with Crippen LogP contribution in [-0.4, -0.2) is 15.0 Å². The van der Waals surface area contributed by atoms with E-state index in [9.17, 15) is 17.2 Å². The highest BCUT2D eigenvalue weighted by molar-refractivity contribution is 9.10. The minimum Gasteiger partial charge on any atom is -0.485 e. The van der Waals surface area contributed by atoms with E-state index in [0.717, 1.165) is 0 Å². The minimum absolute atomic E-state index is 0.0417. The van der Waals surface area contributed by atoms with Gasteiger partial charge in [-0.25, -0.2) is 13.6 Å². The van der Waals surface area contributed by atoms with Crippen LogP contribution in [0.4, 0.5) is 8.78 Å². The van der Waals surface area contributed by atoms with E-state index in [-0.39, 0.29) is 11.5 Å². The van der Waals surface area contributed by atoms with Crippen LogP contribution in [-0.2, 0) is 15.8 Å². The Hall–Kier alpha value is -1.97. The number of hydrogen-bond donors (Lipinski definition) is 1. The van der Waals surface area contributed by atoms with E-state index < -0.39 is 22.7 Å². The number of sulfonamides is 1. The predicted molar refractivity (Wildman–Crippen MR) is 101 cm³/mol. The summed E-state index contributed by atoms with van der Waals surface area (Å²) in [4.78, 5) is 0. The van der Waals surface area contributed by atoms with E-state index >= 15 is 0 Å². The average Bonchev–Trinajstić information content (AvgIpc) is 2.56. The van der Waals surface area contributed by atoms with Crippen LogP contribution >= 0.6 is 15.9 Å². The summed E-state index contributed by atoms with van der Waals surface area (Å²) in [5.41, 5.74) is 2.13. The highest BCUT2D eigenvalue weighted by Gasteiger charge is 2.30. The summed E-state index contributed by atoms with van der Waals surface area (Å²) in [7, 11) is -3.72. The molecule has 0 aromatic heterocycles. The molecule has 0 fully saturated rings. The molecule has 3 rings (SSSR count). The third-order valence-electron chi connectivity index (χ3n) is 4.03. The molecule has 1 unspecified atom stereocenters. The van der Waals surface area contributed by atoms with Crippen LogP contribution in [0.5, 0.6) is 11.5 Å². The average molecular weight is 460 g/mol. The standard InChI is InChI=1S/C18H16BrF2NO4S/c1-2-3-14-12-8-10(9-27(22,23)24)4-5-11(12)16-15(25-14)7-6-13(19)17(16)26-18(20)21/h2,4-8,14,18H,1,3,9H2,(H2,22,23,24). The highest BCUT2D eigenvalue weighted by Crippen LogP contribution is 2.51. The van der Waals surface area contributed by atoms with E-state index in [1.165, 1.54) is 0 Å². The molecule has 1 atom stereocenters. The summed E-state index contributed by atoms with van der Waals surface area (Å²) in [5.74, 6) is 0.0136. The Kier molecular flexibility index (Phi) is 5.55. The van der Waals surface area contributed by atoms with Gasteiger partial charge in [-0.2, -0.15) is 8.78 Å². The van der Waals surface area contributed by atoms with Gasteiger partial charge in [-0.05, 0) is 39.2 Å². The van der Waals surface area contributed by atoms with Gasteiger partial charge in [0.2, 0.25) is 10.0 Å². The van der Waals surface area contributed by atoms with Crippen molar-refractivity contribution in [3.63, 3.8) is 0 Å². The molecular weight excluding hydrogens is 444 g/mol. The van der Waals surface area contributed by atoms with Crippen molar-refractivity contribution in [3.8, 4) is 22.6 Å². The first kappa shape index (κ1) is 19.8. The fraction of sp³-hybridized carbons (Fsp3) is 0.222. The van der Waals surface area contributed by atoms with Crippen molar-refractivity contribution in [2.24, 2.45) is 5.14 Å². The lowest BCUT2D eigenvalue weighted by Gasteiger charge is -2.30. The molecule has 0 saturated heterocycles. The Bertz CT molecular complexity index is 995. The zero-order chi connectivity index (χ0) is 19.8. The minimum atomic E-state index is -3.72. The maximum Gasteiger partial charge on any atom is 0.387 e. The molecule has 1 aliphatic heterocycles. The molecule has 0 amide bonds. The van der Waals surface area contributed by atoms with Crippen molar-refractivity contribution in [3.05, 3.63) is 58.6 Å². The van der Waals surface area contributed by atoms with Gasteiger partial charge in [-0.1, -0.05) is 24.3 Å². The Morgan fingerprint density at radius 3 is 2.70 bits per heavy atom. The zero-order valence-corrected chi connectivity index (χ0v) is 16.4. The lowest BCUT2D eigenvalue weighted by atomic mass is 9.89. The molecule has 0 saturated carbocycles. The molecule has 2 aromatic carbocycles. The van der Waals surface area contributed by atoms with Crippen molar-refractivity contribution >= 4 is 26.0 Å². The molecule has 2 N–H and O–H groups in total. The summed E-state index contributed by atoms with van der Waals surface area (Å²) >= 11 is 3.23. The van der Waals surface area contributed by atoms with Crippen molar-refractivity contribution in [1.82, 2.24) is 0 Å². The first-order valence-electron chi connectivity index (χ1n) is 7.88. The van der Waals surface area contributed by atoms with Crippen LogP contribution in [0, 0.1) is 0 Å². The lowest BCUT2D eigenvalue weighted by Crippen LogP contribution is -2.17. The highest BCUT2D eigenvalue weighted by atomic mass is 79.9. The molecular formula is C18H16BrF2NO4S. The van der Waals surface area contributed by atoms with Gasteiger partial charge in [0.15, 0.2) is 5.75 Å². The maximum atomic E-state index is 12.9. The normalized spacial score (nSPS) is 15.7. The molecule has 1 heterocycles. The molecule has 9 heteroatoms. The monoisotopic (exact) mass is 459 g/mol. The molecule has 2 aromatic rings. The zero-order valence-electron chi connectivity index (χ0n) is 14.0. The Labute approximate surface area is 164 Å². The molecule has 144 valence electrons. The summed E-state index contributed by atoms with van der Waals surface area (Å²) in [6.07, 6.45) is 1.68. The van der Waals surface area contributed by atoms with Crippen LogP contribution in [0.1, 0.15) is 23.7 Å². The van der Waals surface area contributed by atoms with Gasteiger partial charge in [0.1, 0.15) is 11.9 Å². The van der Waals surface area contributed by atoms with Crippen LogP contribution in [0.2, 0.25) is 0 Å². The van der Waals surface area contributed by atoms with Crippen molar-refractivity contribution < 1.29 is 26.7 Å². The fourth-order valence-electron chi connectivity index (χ4n) is 3.07. The number of alkyl halides is 2. The number of rotatable bonds is 6. The summed E-state index contributed by atoms with van der Waals surface area (Å²) < 4.78 is 59.7.